The van der Waals surface area contributed by atoms with Crippen molar-refractivity contribution in [3.05, 3.63) is 145 Å². The van der Waals surface area contributed by atoms with E-state index in [4.69, 9.17) is 4.98 Å². The summed E-state index contributed by atoms with van der Waals surface area (Å²) in [5, 5.41) is 16.2. The molecule has 0 amide bonds. The van der Waals surface area contributed by atoms with E-state index >= 15 is 0 Å². The van der Waals surface area contributed by atoms with Gasteiger partial charge in [0.05, 0.1) is 28.4 Å². The van der Waals surface area contributed by atoms with E-state index in [-0.39, 0.29) is 0 Å². The maximum absolute atomic E-state index is 9.32. The fourth-order valence-electron chi connectivity index (χ4n) is 5.99. The predicted molar refractivity (Wildman–Crippen MR) is 173 cm³/mol. The van der Waals surface area contributed by atoms with E-state index in [0.717, 1.165) is 66.1 Å². The van der Waals surface area contributed by atoms with Gasteiger partial charge in [0, 0.05) is 22.5 Å². The van der Waals surface area contributed by atoms with Crippen LogP contribution in [0.25, 0.3) is 76.9 Å². The van der Waals surface area contributed by atoms with E-state index in [1.54, 1.807) is 0 Å². The fraction of sp³-hybridized carbons (Fsp3) is 0. The second-order valence-electron chi connectivity index (χ2n) is 10.6. The lowest BCUT2D eigenvalue weighted by Gasteiger charge is -2.15. The van der Waals surface area contributed by atoms with Gasteiger partial charge in [-0.1, -0.05) is 91.0 Å². The molecule has 0 N–H and O–H groups in total. The molecule has 8 aromatic rings. The summed E-state index contributed by atoms with van der Waals surface area (Å²) in [7, 11) is 0. The van der Waals surface area contributed by atoms with Gasteiger partial charge in [-0.05, 0) is 86.3 Å². The van der Waals surface area contributed by atoms with Gasteiger partial charge in [-0.3, -0.25) is 4.98 Å². The third-order valence-electron chi connectivity index (χ3n) is 8.11. The number of pyridine rings is 2. The van der Waals surface area contributed by atoms with Gasteiger partial charge in [0.2, 0.25) is 0 Å². The zero-order valence-electron chi connectivity index (χ0n) is 22.6. The zero-order valence-corrected chi connectivity index (χ0v) is 22.6. The lowest BCUT2D eigenvalue weighted by atomic mass is 9.89. The second-order valence-corrected chi connectivity index (χ2v) is 10.6. The SMILES string of the molecule is N#Cc1ccc(-c2cc3ccccc3cc2-c2ccc3c(-c4ccc5ccc6cccnc6c5n4)cccc3c2)cc1. The van der Waals surface area contributed by atoms with Crippen LogP contribution >= 0.6 is 0 Å². The van der Waals surface area contributed by atoms with Crippen LogP contribution in [0.15, 0.2) is 140 Å². The normalized spacial score (nSPS) is 11.3. The van der Waals surface area contributed by atoms with Crippen LogP contribution in [0, 0.1) is 11.3 Å². The first kappa shape index (κ1) is 24.0. The number of rotatable bonds is 3. The summed E-state index contributed by atoms with van der Waals surface area (Å²) in [5.74, 6) is 0. The third-order valence-corrected chi connectivity index (χ3v) is 8.11. The summed E-state index contributed by atoms with van der Waals surface area (Å²) >= 11 is 0. The van der Waals surface area contributed by atoms with Crippen molar-refractivity contribution in [2.75, 3.05) is 0 Å². The molecular weight excluding hydrogens is 510 g/mol. The van der Waals surface area contributed by atoms with Gasteiger partial charge < -0.3 is 0 Å². The molecule has 8 rings (SSSR count). The Hall–Kier alpha value is -5.85. The van der Waals surface area contributed by atoms with Gasteiger partial charge in [0.25, 0.3) is 0 Å². The Bertz CT molecular complexity index is 2360. The number of hydrogen-bond acceptors (Lipinski definition) is 3. The molecule has 0 atom stereocenters. The quantitative estimate of drug-likeness (QED) is 0.212. The van der Waals surface area contributed by atoms with E-state index < -0.39 is 0 Å². The van der Waals surface area contributed by atoms with Crippen LogP contribution in [0.5, 0.6) is 0 Å². The molecule has 2 heterocycles. The minimum Gasteiger partial charge on any atom is -0.254 e. The smallest absolute Gasteiger partial charge is 0.0991 e. The van der Waals surface area contributed by atoms with Crippen LogP contribution in [0.2, 0.25) is 0 Å². The summed E-state index contributed by atoms with van der Waals surface area (Å²) < 4.78 is 0. The minimum absolute atomic E-state index is 0.658. The van der Waals surface area contributed by atoms with Gasteiger partial charge >= 0.3 is 0 Å². The van der Waals surface area contributed by atoms with Crippen LogP contribution in [0.1, 0.15) is 5.56 Å². The molecular formula is C39H23N3. The van der Waals surface area contributed by atoms with Crippen molar-refractivity contribution in [3.63, 3.8) is 0 Å². The summed E-state index contributed by atoms with van der Waals surface area (Å²) in [6.07, 6.45) is 1.83. The Labute approximate surface area is 243 Å². The van der Waals surface area contributed by atoms with Crippen molar-refractivity contribution < 1.29 is 0 Å². The zero-order chi connectivity index (χ0) is 28.0. The summed E-state index contributed by atoms with van der Waals surface area (Å²) in [6.45, 7) is 0. The van der Waals surface area contributed by atoms with Crippen molar-refractivity contribution >= 4 is 43.4 Å². The first-order chi connectivity index (χ1) is 20.7. The average molecular weight is 534 g/mol. The molecule has 3 heteroatoms. The molecule has 6 aromatic carbocycles. The monoisotopic (exact) mass is 533 g/mol. The van der Waals surface area contributed by atoms with Crippen LogP contribution in [-0.2, 0) is 0 Å². The molecule has 0 unspecified atom stereocenters. The van der Waals surface area contributed by atoms with E-state index in [1.807, 2.05) is 36.5 Å². The highest BCUT2D eigenvalue weighted by Gasteiger charge is 2.13. The average Bonchev–Trinajstić information content (AvgIpc) is 3.07. The summed E-state index contributed by atoms with van der Waals surface area (Å²) in [4.78, 5) is 9.76. The lowest BCUT2D eigenvalue weighted by molar-refractivity contribution is 1.37. The summed E-state index contributed by atoms with van der Waals surface area (Å²) in [6, 6.07) is 48.7. The number of benzene rings is 6. The third kappa shape index (κ3) is 3.98. The number of nitrogens with zero attached hydrogens (tertiary/aromatic N) is 3. The molecule has 0 spiro atoms. The molecule has 0 saturated carbocycles. The molecule has 42 heavy (non-hydrogen) atoms. The molecule has 0 saturated heterocycles. The van der Waals surface area contributed by atoms with E-state index in [2.05, 4.69) is 114 Å². The molecule has 0 aliphatic carbocycles. The first-order valence-corrected chi connectivity index (χ1v) is 14.0. The number of nitriles is 1. The van der Waals surface area contributed by atoms with Gasteiger partial charge in [0.1, 0.15) is 0 Å². The van der Waals surface area contributed by atoms with Crippen molar-refractivity contribution in [2.45, 2.75) is 0 Å². The van der Waals surface area contributed by atoms with Crippen LogP contribution < -0.4 is 0 Å². The number of hydrogen-bond donors (Lipinski definition) is 0. The molecule has 0 radical (unpaired) electrons. The molecule has 0 bridgehead atoms. The van der Waals surface area contributed by atoms with Gasteiger partial charge in [-0.25, -0.2) is 4.98 Å². The predicted octanol–water partition coefficient (Wildman–Crippen LogP) is 9.96. The highest BCUT2D eigenvalue weighted by Crippen LogP contribution is 2.38. The Morgan fingerprint density at radius 2 is 1.14 bits per heavy atom. The van der Waals surface area contributed by atoms with Crippen LogP contribution in [0.3, 0.4) is 0 Å². The molecule has 194 valence electrons. The number of aromatic nitrogens is 2. The molecule has 3 nitrogen and oxygen atoms in total. The lowest BCUT2D eigenvalue weighted by Crippen LogP contribution is -1.91. The second kappa shape index (κ2) is 9.66. The van der Waals surface area contributed by atoms with Crippen molar-refractivity contribution in [1.29, 1.82) is 5.26 Å². The van der Waals surface area contributed by atoms with Crippen molar-refractivity contribution in [1.82, 2.24) is 9.97 Å². The van der Waals surface area contributed by atoms with E-state index in [0.29, 0.717) is 5.56 Å². The fourth-order valence-corrected chi connectivity index (χ4v) is 5.99. The van der Waals surface area contributed by atoms with Gasteiger partial charge in [0.15, 0.2) is 0 Å². The Morgan fingerprint density at radius 3 is 1.93 bits per heavy atom. The molecule has 2 aromatic heterocycles. The largest absolute Gasteiger partial charge is 0.254 e. The molecule has 0 aliphatic heterocycles. The van der Waals surface area contributed by atoms with Crippen LogP contribution in [0.4, 0.5) is 0 Å². The maximum Gasteiger partial charge on any atom is 0.0991 e. The van der Waals surface area contributed by atoms with E-state index in [9.17, 15) is 5.26 Å². The highest BCUT2D eigenvalue weighted by atomic mass is 14.8. The van der Waals surface area contributed by atoms with Crippen LogP contribution in [-0.4, -0.2) is 9.97 Å². The molecule has 0 aliphatic rings. The number of fused-ring (bicyclic) bond motifs is 5. The highest BCUT2D eigenvalue weighted by molar-refractivity contribution is 6.05. The Kier molecular flexibility index (Phi) is 5.52. The molecule has 0 fully saturated rings. The maximum atomic E-state index is 9.32. The topological polar surface area (TPSA) is 49.6 Å². The minimum atomic E-state index is 0.658. The first-order valence-electron chi connectivity index (χ1n) is 14.0. The Morgan fingerprint density at radius 1 is 0.476 bits per heavy atom. The van der Waals surface area contributed by atoms with Gasteiger partial charge in [-0.15, -0.1) is 0 Å². The standard InChI is InChI=1S/C39H23N3/c40-24-25-10-12-26(13-11-25)35-22-29-5-1-2-6-30(29)23-36(35)32-16-18-33-31(21-32)7-3-9-34(33)37-19-17-28-15-14-27-8-4-20-41-38(27)39(28)42-37/h1-23H. The van der Waals surface area contributed by atoms with E-state index in [1.165, 1.54) is 10.8 Å². The Balaban J connectivity index is 1.30. The van der Waals surface area contributed by atoms with Gasteiger partial charge in [-0.2, -0.15) is 5.26 Å². The van der Waals surface area contributed by atoms with Crippen molar-refractivity contribution in [3.8, 4) is 39.6 Å². The summed E-state index contributed by atoms with van der Waals surface area (Å²) in [5.41, 5.74) is 9.06. The van der Waals surface area contributed by atoms with Crippen molar-refractivity contribution in [2.24, 2.45) is 0 Å².